The van der Waals surface area contributed by atoms with Crippen LogP contribution in [0.3, 0.4) is 0 Å². The number of amides is 1. The molecule has 148 valence electrons. The molecule has 1 aliphatic heterocycles. The smallest absolute Gasteiger partial charge is 0.173 e. The van der Waals surface area contributed by atoms with E-state index in [1.54, 1.807) is 0 Å². The molecular weight excluding hydrogens is 356 g/mol. The number of carbonyl (C=O) groups excluding carboxylic acids is 1. The van der Waals surface area contributed by atoms with Crippen LogP contribution in [0.5, 0.6) is 5.75 Å². The van der Waals surface area contributed by atoms with Crippen LogP contribution in [0.1, 0.15) is 31.2 Å². The Balaban J connectivity index is 1.17. The summed E-state index contributed by atoms with van der Waals surface area (Å²) in [5.41, 5.74) is 1.27. The number of likely N-dealkylation sites (tertiary alicyclic amines) is 1. The molecule has 0 N–H and O–H groups in total. The van der Waals surface area contributed by atoms with Crippen LogP contribution in [-0.4, -0.2) is 42.4 Å². The largest absolute Gasteiger partial charge is 0.530 e. The van der Waals surface area contributed by atoms with Gasteiger partial charge in [0.1, 0.15) is 17.9 Å². The van der Waals surface area contributed by atoms with E-state index in [9.17, 15) is 9.90 Å². The van der Waals surface area contributed by atoms with Gasteiger partial charge in [-0.1, -0.05) is 30.3 Å². The summed E-state index contributed by atoms with van der Waals surface area (Å²) in [7, 11) is 0. The first-order valence-corrected chi connectivity index (χ1v) is 9.97. The lowest BCUT2D eigenvalue weighted by molar-refractivity contribution is -0.688. The predicted octanol–water partition coefficient (Wildman–Crippen LogP) is 1.76. The molecule has 2 fully saturated rings. The number of ether oxygens (including phenoxy) is 2. The van der Waals surface area contributed by atoms with Gasteiger partial charge in [0.2, 0.25) is 0 Å². The van der Waals surface area contributed by atoms with E-state index in [4.69, 9.17) is 9.47 Å². The van der Waals surface area contributed by atoms with E-state index in [1.807, 2.05) is 30.6 Å². The Kier molecular flexibility index (Phi) is 5.76. The standard InChI is InChI=1S/C22H26N2O4/c25-22(26)24-12-8-19(9-13-24)28-21-14-20(15-21)27-18-6-10-23(11-7-18)16-17-4-2-1-3-5-17/h1-7,10-11,19-21H,8-9,12-16H2. The molecule has 0 spiro atoms. The van der Waals surface area contributed by atoms with E-state index in [-0.39, 0.29) is 18.3 Å². The summed E-state index contributed by atoms with van der Waals surface area (Å²) >= 11 is 0. The first kappa shape index (κ1) is 18.7. The Morgan fingerprint density at radius 1 is 1.00 bits per heavy atom. The zero-order valence-electron chi connectivity index (χ0n) is 15.9. The summed E-state index contributed by atoms with van der Waals surface area (Å²) < 4.78 is 14.3. The van der Waals surface area contributed by atoms with Crippen LogP contribution in [0.25, 0.3) is 0 Å². The van der Waals surface area contributed by atoms with Gasteiger partial charge < -0.3 is 24.3 Å². The highest BCUT2D eigenvalue weighted by molar-refractivity contribution is 5.62. The maximum Gasteiger partial charge on any atom is 0.173 e. The fourth-order valence-corrected chi connectivity index (χ4v) is 3.79. The van der Waals surface area contributed by atoms with Crippen molar-refractivity contribution in [1.29, 1.82) is 0 Å². The van der Waals surface area contributed by atoms with Gasteiger partial charge in [0.15, 0.2) is 18.9 Å². The molecule has 2 aromatic rings. The fraction of sp³-hybridized carbons (Fsp3) is 0.455. The average molecular weight is 382 g/mol. The molecule has 1 aliphatic carbocycles. The minimum absolute atomic E-state index is 0.148. The van der Waals surface area contributed by atoms with Gasteiger partial charge in [-0.2, -0.15) is 0 Å². The monoisotopic (exact) mass is 382 g/mol. The summed E-state index contributed by atoms with van der Waals surface area (Å²) in [6.45, 7) is 1.86. The van der Waals surface area contributed by atoms with Gasteiger partial charge in [0.25, 0.3) is 0 Å². The topological polar surface area (TPSA) is 65.7 Å². The molecule has 2 heterocycles. The highest BCUT2D eigenvalue weighted by atomic mass is 16.5. The van der Waals surface area contributed by atoms with Gasteiger partial charge in [-0.15, -0.1) is 0 Å². The third kappa shape index (κ3) is 4.81. The fourth-order valence-electron chi connectivity index (χ4n) is 3.79. The molecule has 28 heavy (non-hydrogen) atoms. The number of rotatable bonds is 6. The maximum absolute atomic E-state index is 10.8. The van der Waals surface area contributed by atoms with E-state index in [0.717, 1.165) is 38.0 Å². The summed E-state index contributed by atoms with van der Waals surface area (Å²) in [5.74, 6) is 0.884. The Hall–Kier alpha value is -2.60. The van der Waals surface area contributed by atoms with Crippen LogP contribution in [0.2, 0.25) is 0 Å². The van der Waals surface area contributed by atoms with Crippen LogP contribution in [-0.2, 0) is 11.3 Å². The van der Waals surface area contributed by atoms with Crippen LogP contribution < -0.4 is 14.4 Å². The number of nitrogens with zero attached hydrogens (tertiary/aromatic N) is 2. The van der Waals surface area contributed by atoms with Gasteiger partial charge in [-0.25, -0.2) is 4.57 Å². The van der Waals surface area contributed by atoms with Crippen molar-refractivity contribution in [2.75, 3.05) is 13.1 Å². The maximum atomic E-state index is 10.8. The highest BCUT2D eigenvalue weighted by Crippen LogP contribution is 2.30. The molecule has 0 radical (unpaired) electrons. The quantitative estimate of drug-likeness (QED) is 0.714. The minimum Gasteiger partial charge on any atom is -0.530 e. The first-order valence-electron chi connectivity index (χ1n) is 9.97. The van der Waals surface area contributed by atoms with Crippen molar-refractivity contribution in [3.05, 3.63) is 60.4 Å². The van der Waals surface area contributed by atoms with E-state index < -0.39 is 6.09 Å². The lowest BCUT2D eigenvalue weighted by atomic mass is 9.91. The van der Waals surface area contributed by atoms with E-state index in [0.29, 0.717) is 13.1 Å². The summed E-state index contributed by atoms with van der Waals surface area (Å²) in [6.07, 6.45) is 6.83. The number of benzene rings is 1. The lowest BCUT2D eigenvalue weighted by Crippen LogP contribution is -2.49. The second-order valence-corrected chi connectivity index (χ2v) is 7.61. The van der Waals surface area contributed by atoms with E-state index in [2.05, 4.69) is 28.8 Å². The first-order chi connectivity index (χ1) is 13.7. The lowest BCUT2D eigenvalue weighted by Gasteiger charge is -2.40. The van der Waals surface area contributed by atoms with Gasteiger partial charge in [-0.3, -0.25) is 0 Å². The highest BCUT2D eigenvalue weighted by Gasteiger charge is 2.34. The molecule has 6 heteroatoms. The SMILES string of the molecule is O=C([O-])N1CCC(OC2CC(Oc3cc[n+](Cc4ccccc4)cc3)C2)CC1. The van der Waals surface area contributed by atoms with Gasteiger partial charge >= 0.3 is 0 Å². The molecule has 2 aliphatic rings. The Bertz CT molecular complexity index is 767. The van der Waals surface area contributed by atoms with Crippen molar-refractivity contribution >= 4 is 6.09 Å². The molecular formula is C22H26N2O4. The molecule has 6 nitrogen and oxygen atoms in total. The van der Waals surface area contributed by atoms with E-state index >= 15 is 0 Å². The van der Waals surface area contributed by atoms with Crippen molar-refractivity contribution in [3.8, 4) is 5.75 Å². The van der Waals surface area contributed by atoms with Crippen molar-refractivity contribution < 1.29 is 23.9 Å². The average Bonchev–Trinajstić information content (AvgIpc) is 2.69. The molecule has 4 rings (SSSR count). The summed E-state index contributed by atoms with van der Waals surface area (Å²) in [5, 5.41) is 10.8. The molecule has 0 unspecified atom stereocenters. The number of aromatic nitrogens is 1. The number of carboxylic acid groups (broad SMARTS) is 1. The van der Waals surface area contributed by atoms with Gasteiger partial charge in [0, 0.05) is 43.6 Å². The molecule has 0 atom stereocenters. The number of piperidine rings is 1. The molecule has 1 aromatic heterocycles. The second kappa shape index (κ2) is 8.61. The third-order valence-electron chi connectivity index (χ3n) is 5.51. The number of hydrogen-bond acceptors (Lipinski definition) is 4. The van der Waals surface area contributed by atoms with Crippen molar-refractivity contribution in [2.45, 2.75) is 50.5 Å². The minimum atomic E-state index is -1.08. The Morgan fingerprint density at radius 2 is 1.68 bits per heavy atom. The number of hydrogen-bond donors (Lipinski definition) is 0. The molecule has 1 saturated carbocycles. The number of pyridine rings is 1. The predicted molar refractivity (Wildman–Crippen MR) is 101 cm³/mol. The van der Waals surface area contributed by atoms with E-state index in [1.165, 1.54) is 10.5 Å². The zero-order chi connectivity index (χ0) is 19.3. The molecule has 0 bridgehead atoms. The summed E-state index contributed by atoms with van der Waals surface area (Å²) in [4.78, 5) is 12.2. The summed E-state index contributed by atoms with van der Waals surface area (Å²) in [6, 6.07) is 14.4. The van der Waals surface area contributed by atoms with Crippen LogP contribution in [0, 0.1) is 0 Å². The Labute approximate surface area is 165 Å². The van der Waals surface area contributed by atoms with Crippen molar-refractivity contribution in [2.24, 2.45) is 0 Å². The second-order valence-electron chi connectivity index (χ2n) is 7.61. The third-order valence-corrected chi connectivity index (χ3v) is 5.51. The normalized spacial score (nSPS) is 22.5. The van der Waals surface area contributed by atoms with Gasteiger partial charge in [0.05, 0.1) is 12.2 Å². The number of carbonyl (C=O) groups is 1. The molecule has 1 amide bonds. The van der Waals surface area contributed by atoms with Crippen LogP contribution in [0.4, 0.5) is 4.79 Å². The Morgan fingerprint density at radius 3 is 2.32 bits per heavy atom. The van der Waals surface area contributed by atoms with Crippen LogP contribution >= 0.6 is 0 Å². The van der Waals surface area contributed by atoms with Gasteiger partial charge in [-0.05, 0) is 12.8 Å². The van der Waals surface area contributed by atoms with Crippen molar-refractivity contribution in [1.82, 2.24) is 4.90 Å². The van der Waals surface area contributed by atoms with Crippen LogP contribution in [0.15, 0.2) is 54.9 Å². The zero-order valence-corrected chi connectivity index (χ0v) is 15.9. The molecule has 1 aromatic carbocycles. The van der Waals surface area contributed by atoms with Crippen molar-refractivity contribution in [3.63, 3.8) is 0 Å². The molecule has 1 saturated heterocycles.